The van der Waals surface area contributed by atoms with Crippen molar-refractivity contribution in [2.75, 3.05) is 18.2 Å². The Morgan fingerprint density at radius 3 is 2.80 bits per heavy atom. The minimum atomic E-state index is -4.93. The van der Waals surface area contributed by atoms with Gasteiger partial charge in [-0.25, -0.2) is 9.97 Å². The molecule has 0 aliphatic carbocycles. The molecule has 30 heavy (non-hydrogen) atoms. The van der Waals surface area contributed by atoms with E-state index in [1.165, 1.54) is 19.2 Å². The lowest BCUT2D eigenvalue weighted by Crippen LogP contribution is -2.18. The van der Waals surface area contributed by atoms with E-state index in [1.807, 2.05) is 0 Å². The number of nitrogens with one attached hydrogen (secondary N) is 1. The minimum absolute atomic E-state index is 0.0444. The lowest BCUT2D eigenvalue weighted by Gasteiger charge is -2.14. The monoisotopic (exact) mass is 443 g/mol. The zero-order chi connectivity index (χ0) is 21.9. The third-order valence-corrected chi connectivity index (χ3v) is 3.87. The van der Waals surface area contributed by atoms with Gasteiger partial charge in [-0.1, -0.05) is 16.8 Å². The van der Waals surface area contributed by atoms with Crippen molar-refractivity contribution in [1.82, 2.24) is 15.1 Å². The maximum atomic E-state index is 12.7. The smallest absolute Gasteiger partial charge is 0.405 e. The fraction of sp³-hybridized carbons (Fsp3) is 0.176. The maximum Gasteiger partial charge on any atom is 0.573 e. The van der Waals surface area contributed by atoms with Crippen LogP contribution in [0.1, 0.15) is 16.1 Å². The molecule has 0 saturated carbocycles. The summed E-state index contributed by atoms with van der Waals surface area (Å²) in [5, 5.41) is 6.22. The number of ether oxygens (including phenoxy) is 2. The number of hydrogen-bond donors (Lipinski definition) is 2. The van der Waals surface area contributed by atoms with Crippen molar-refractivity contribution in [3.8, 4) is 17.0 Å². The molecule has 9 nitrogen and oxygen atoms in total. The normalized spacial score (nSPS) is 11.4. The van der Waals surface area contributed by atoms with Gasteiger partial charge in [0, 0.05) is 17.7 Å². The average Bonchev–Trinajstić information content (AvgIpc) is 3.11. The van der Waals surface area contributed by atoms with Gasteiger partial charge in [0.1, 0.15) is 29.0 Å². The van der Waals surface area contributed by atoms with E-state index in [0.717, 1.165) is 18.5 Å². The van der Waals surface area contributed by atoms with E-state index in [1.54, 1.807) is 0 Å². The predicted octanol–water partition coefficient (Wildman–Crippen LogP) is 3.66. The number of anilines is 2. The number of carbonyl (C=O) groups is 1. The number of aromatic nitrogens is 3. The van der Waals surface area contributed by atoms with Gasteiger partial charge in [0.2, 0.25) is 0 Å². The van der Waals surface area contributed by atoms with E-state index in [0.29, 0.717) is 0 Å². The maximum absolute atomic E-state index is 12.7. The molecule has 3 aromatic rings. The van der Waals surface area contributed by atoms with Gasteiger partial charge in [0.05, 0.1) is 12.8 Å². The molecule has 0 aliphatic heterocycles. The second kappa shape index (κ2) is 8.55. The minimum Gasteiger partial charge on any atom is -0.405 e. The van der Waals surface area contributed by atoms with Crippen LogP contribution in [0, 0.1) is 0 Å². The van der Waals surface area contributed by atoms with Crippen LogP contribution in [0.15, 0.2) is 35.2 Å². The van der Waals surface area contributed by atoms with Crippen LogP contribution in [-0.2, 0) is 11.3 Å². The van der Waals surface area contributed by atoms with E-state index in [2.05, 4.69) is 25.2 Å². The second-order valence-electron chi connectivity index (χ2n) is 5.74. The number of hydrogen-bond acceptors (Lipinski definition) is 8. The molecule has 0 spiro atoms. The van der Waals surface area contributed by atoms with Gasteiger partial charge >= 0.3 is 6.36 Å². The summed E-state index contributed by atoms with van der Waals surface area (Å²) >= 11 is 5.88. The van der Waals surface area contributed by atoms with Crippen LogP contribution in [0.5, 0.6) is 5.75 Å². The number of benzene rings is 1. The standard InChI is InChI=1S/C17H13ClF3N5O4/c1-28-7-11-10(6-29-26-11)16(27)25-13-5-23-14(15(22)24-13)9-4-8(18)2-3-12(9)30-17(19,20)21/h2-6H,7H2,1H3,(H3,22,24,25,27). The first kappa shape index (κ1) is 21.3. The second-order valence-corrected chi connectivity index (χ2v) is 6.18. The van der Waals surface area contributed by atoms with E-state index in [9.17, 15) is 18.0 Å². The van der Waals surface area contributed by atoms with Gasteiger partial charge in [-0.2, -0.15) is 0 Å². The predicted molar refractivity (Wildman–Crippen MR) is 98.7 cm³/mol. The Labute approximate surface area is 171 Å². The molecule has 2 heterocycles. The number of nitrogens with zero attached hydrogens (tertiary/aromatic N) is 3. The number of halogens is 4. The quantitative estimate of drug-likeness (QED) is 0.591. The number of amides is 1. The highest BCUT2D eigenvalue weighted by Crippen LogP contribution is 2.37. The fourth-order valence-corrected chi connectivity index (χ4v) is 2.61. The Kier molecular flexibility index (Phi) is 6.08. The van der Waals surface area contributed by atoms with Crippen molar-refractivity contribution in [3.05, 3.63) is 46.9 Å². The Balaban J connectivity index is 1.88. The Morgan fingerprint density at radius 1 is 1.37 bits per heavy atom. The van der Waals surface area contributed by atoms with E-state index >= 15 is 0 Å². The number of nitrogen functional groups attached to an aromatic ring is 1. The molecule has 3 rings (SSSR count). The number of rotatable bonds is 6. The summed E-state index contributed by atoms with van der Waals surface area (Å²) in [6.45, 7) is 0.0444. The molecule has 0 aliphatic rings. The van der Waals surface area contributed by atoms with Crippen LogP contribution >= 0.6 is 11.6 Å². The molecular formula is C17H13ClF3N5O4. The van der Waals surface area contributed by atoms with Gasteiger partial charge in [-0.05, 0) is 18.2 Å². The van der Waals surface area contributed by atoms with Crippen molar-refractivity contribution in [2.24, 2.45) is 0 Å². The first-order valence-electron chi connectivity index (χ1n) is 8.09. The van der Waals surface area contributed by atoms with Crippen LogP contribution < -0.4 is 15.8 Å². The van der Waals surface area contributed by atoms with Gasteiger partial charge in [-0.15, -0.1) is 13.2 Å². The van der Waals surface area contributed by atoms with Crippen molar-refractivity contribution in [3.63, 3.8) is 0 Å². The first-order valence-corrected chi connectivity index (χ1v) is 8.47. The molecule has 0 atom stereocenters. The summed E-state index contributed by atoms with van der Waals surface area (Å²) in [6.07, 6.45) is -2.69. The SMILES string of the molecule is COCc1nocc1C(=O)Nc1cnc(-c2cc(Cl)ccc2OC(F)(F)F)c(N)n1. The highest BCUT2D eigenvalue weighted by atomic mass is 35.5. The fourth-order valence-electron chi connectivity index (χ4n) is 2.44. The molecular weight excluding hydrogens is 431 g/mol. The van der Waals surface area contributed by atoms with Crippen LogP contribution in [0.25, 0.3) is 11.3 Å². The summed E-state index contributed by atoms with van der Waals surface area (Å²) in [5.41, 5.74) is 5.99. The zero-order valence-electron chi connectivity index (χ0n) is 15.2. The molecule has 2 aromatic heterocycles. The van der Waals surface area contributed by atoms with Crippen molar-refractivity contribution in [1.29, 1.82) is 0 Å². The van der Waals surface area contributed by atoms with E-state index in [4.69, 9.17) is 26.6 Å². The molecule has 158 valence electrons. The number of methoxy groups -OCH3 is 1. The molecule has 0 bridgehead atoms. The molecule has 0 unspecified atom stereocenters. The first-order chi connectivity index (χ1) is 14.2. The highest BCUT2D eigenvalue weighted by Gasteiger charge is 2.32. The van der Waals surface area contributed by atoms with Crippen molar-refractivity contribution in [2.45, 2.75) is 13.0 Å². The zero-order valence-corrected chi connectivity index (χ0v) is 15.9. The van der Waals surface area contributed by atoms with Crippen molar-refractivity contribution >= 4 is 29.1 Å². The molecule has 0 fully saturated rings. The van der Waals surface area contributed by atoms with Crippen LogP contribution in [0.4, 0.5) is 24.8 Å². The molecule has 13 heteroatoms. The third-order valence-electron chi connectivity index (χ3n) is 3.63. The van der Waals surface area contributed by atoms with Crippen LogP contribution in [0.3, 0.4) is 0 Å². The van der Waals surface area contributed by atoms with E-state index in [-0.39, 0.29) is 45.8 Å². The lowest BCUT2D eigenvalue weighted by atomic mass is 10.1. The molecule has 0 saturated heterocycles. The average molecular weight is 444 g/mol. The third kappa shape index (κ3) is 4.96. The Morgan fingerprint density at radius 2 is 2.13 bits per heavy atom. The van der Waals surface area contributed by atoms with Gasteiger partial charge in [0.15, 0.2) is 11.6 Å². The lowest BCUT2D eigenvalue weighted by molar-refractivity contribution is -0.274. The summed E-state index contributed by atoms with van der Waals surface area (Å²) in [6, 6.07) is 3.46. The molecule has 1 amide bonds. The van der Waals surface area contributed by atoms with Gasteiger partial charge in [-0.3, -0.25) is 4.79 Å². The molecule has 1 aromatic carbocycles. The summed E-state index contributed by atoms with van der Waals surface area (Å²) < 4.78 is 51.7. The van der Waals surface area contributed by atoms with Gasteiger partial charge in [0.25, 0.3) is 5.91 Å². The van der Waals surface area contributed by atoms with Crippen LogP contribution in [0.2, 0.25) is 5.02 Å². The summed E-state index contributed by atoms with van der Waals surface area (Å²) in [5.74, 6) is -1.48. The number of nitrogens with two attached hydrogens (primary N) is 1. The molecule has 0 radical (unpaired) electrons. The number of carbonyl (C=O) groups excluding carboxylic acids is 1. The number of alkyl halides is 3. The molecule has 3 N–H and O–H groups in total. The highest BCUT2D eigenvalue weighted by molar-refractivity contribution is 6.31. The summed E-state index contributed by atoms with van der Waals surface area (Å²) in [4.78, 5) is 20.3. The van der Waals surface area contributed by atoms with Gasteiger partial charge < -0.3 is 25.0 Å². The topological polar surface area (TPSA) is 125 Å². The van der Waals surface area contributed by atoms with E-state index < -0.39 is 18.0 Å². The van der Waals surface area contributed by atoms with Crippen LogP contribution in [-0.4, -0.2) is 34.5 Å². The largest absolute Gasteiger partial charge is 0.573 e. The Hall–Kier alpha value is -3.38. The Bertz CT molecular complexity index is 1070. The van der Waals surface area contributed by atoms with Crippen molar-refractivity contribution < 1.29 is 32.0 Å². The summed E-state index contributed by atoms with van der Waals surface area (Å²) in [7, 11) is 1.42.